The van der Waals surface area contributed by atoms with E-state index >= 15 is 0 Å². The molecule has 6 nitrogen and oxygen atoms in total. The van der Waals surface area contributed by atoms with Crippen LogP contribution in [-0.2, 0) is 19.1 Å². The largest absolute Gasteiger partial charge is 0.421 e. The van der Waals surface area contributed by atoms with Gasteiger partial charge in [-0.05, 0) is 26.0 Å². The number of ether oxygens (including phenoxy) is 2. The summed E-state index contributed by atoms with van der Waals surface area (Å²) in [5, 5.41) is 12.3. The van der Waals surface area contributed by atoms with Crippen molar-refractivity contribution < 1.29 is 24.2 Å². The van der Waals surface area contributed by atoms with E-state index in [1.54, 1.807) is 12.1 Å². The van der Waals surface area contributed by atoms with E-state index in [1.165, 1.54) is 13.8 Å². The third-order valence-electron chi connectivity index (χ3n) is 2.42. The van der Waals surface area contributed by atoms with Crippen molar-refractivity contribution in [2.45, 2.75) is 26.2 Å². The zero-order chi connectivity index (χ0) is 15.8. The maximum atomic E-state index is 11.7. The third kappa shape index (κ3) is 6.09. The van der Waals surface area contributed by atoms with Crippen molar-refractivity contribution >= 4 is 17.6 Å². The van der Waals surface area contributed by atoms with Crippen molar-refractivity contribution in [3.63, 3.8) is 0 Å². The number of hydrogen-bond acceptors (Lipinski definition) is 6. The summed E-state index contributed by atoms with van der Waals surface area (Å²) in [6.07, 6.45) is -2.51. The smallest absolute Gasteiger partial charge is 0.336 e. The maximum absolute atomic E-state index is 11.7. The predicted octanol–water partition coefficient (Wildman–Crippen LogP) is 1.47. The van der Waals surface area contributed by atoms with Crippen molar-refractivity contribution in [2.75, 3.05) is 11.9 Å². The number of esters is 2. The van der Waals surface area contributed by atoms with Crippen LogP contribution in [0, 0.1) is 0 Å². The van der Waals surface area contributed by atoms with Crippen LogP contribution in [0.3, 0.4) is 0 Å². The highest BCUT2D eigenvalue weighted by Gasteiger charge is 2.24. The summed E-state index contributed by atoms with van der Waals surface area (Å²) in [7, 11) is 0. The van der Waals surface area contributed by atoms with Gasteiger partial charge in [-0.1, -0.05) is 24.8 Å². The molecule has 1 aromatic rings. The first kappa shape index (κ1) is 16.7. The fourth-order valence-electron chi connectivity index (χ4n) is 1.33. The van der Waals surface area contributed by atoms with Gasteiger partial charge in [0.2, 0.25) is 0 Å². The van der Waals surface area contributed by atoms with E-state index in [9.17, 15) is 14.7 Å². The summed E-state index contributed by atoms with van der Waals surface area (Å²) in [5.41, 5.74) is 0.904. The molecule has 21 heavy (non-hydrogen) atoms. The fraction of sp³-hybridized carbons (Fsp3) is 0.333. The van der Waals surface area contributed by atoms with Gasteiger partial charge in [0.05, 0.1) is 0 Å². The van der Waals surface area contributed by atoms with Gasteiger partial charge in [-0.25, -0.2) is 4.79 Å². The Bertz CT molecular complexity index is 498. The van der Waals surface area contributed by atoms with E-state index in [0.29, 0.717) is 0 Å². The van der Waals surface area contributed by atoms with Crippen LogP contribution >= 0.6 is 0 Å². The number of hydrogen-bond donors (Lipinski definition) is 2. The number of aliphatic hydroxyl groups excluding tert-OH is 1. The Kier molecular flexibility index (Phi) is 6.42. The van der Waals surface area contributed by atoms with Gasteiger partial charge in [-0.15, -0.1) is 0 Å². The number of carbonyl (C=O) groups is 2. The molecule has 0 spiro atoms. The molecule has 2 atom stereocenters. The Morgan fingerprint density at radius 2 is 1.90 bits per heavy atom. The van der Waals surface area contributed by atoms with Crippen molar-refractivity contribution in [2.24, 2.45) is 0 Å². The van der Waals surface area contributed by atoms with Gasteiger partial charge in [0.25, 0.3) is 6.29 Å². The summed E-state index contributed by atoms with van der Waals surface area (Å²) in [4.78, 5) is 23.1. The summed E-state index contributed by atoms with van der Waals surface area (Å²) in [5.74, 6) is -1.39. The Labute approximate surface area is 123 Å². The van der Waals surface area contributed by atoms with E-state index in [4.69, 9.17) is 9.47 Å². The van der Waals surface area contributed by atoms with Gasteiger partial charge in [0.15, 0.2) is 0 Å². The molecule has 0 saturated carbocycles. The van der Waals surface area contributed by atoms with Gasteiger partial charge in [-0.2, -0.15) is 0 Å². The lowest BCUT2D eigenvalue weighted by Gasteiger charge is -2.20. The molecule has 1 aromatic carbocycles. The Morgan fingerprint density at radius 1 is 1.29 bits per heavy atom. The van der Waals surface area contributed by atoms with Crippen LogP contribution in [0.15, 0.2) is 42.5 Å². The van der Waals surface area contributed by atoms with E-state index in [-0.39, 0.29) is 12.1 Å². The molecule has 0 heterocycles. The molecule has 0 aliphatic heterocycles. The van der Waals surface area contributed by atoms with Gasteiger partial charge in [-0.3, -0.25) is 4.79 Å². The topological polar surface area (TPSA) is 84.9 Å². The predicted molar refractivity (Wildman–Crippen MR) is 77.4 cm³/mol. The number of rotatable bonds is 7. The molecule has 2 N–H and O–H groups in total. The van der Waals surface area contributed by atoms with E-state index in [0.717, 1.165) is 5.69 Å². The second-order valence-electron chi connectivity index (χ2n) is 4.50. The Hall–Kier alpha value is -2.34. The minimum absolute atomic E-state index is 0.113. The van der Waals surface area contributed by atoms with Crippen LogP contribution in [0.1, 0.15) is 13.8 Å². The van der Waals surface area contributed by atoms with Gasteiger partial charge in [0.1, 0.15) is 12.6 Å². The van der Waals surface area contributed by atoms with Crippen LogP contribution in [0.5, 0.6) is 0 Å². The number of benzene rings is 1. The molecule has 0 bridgehead atoms. The van der Waals surface area contributed by atoms with Crippen LogP contribution in [-0.4, -0.2) is 36.0 Å². The molecule has 0 amide bonds. The van der Waals surface area contributed by atoms with E-state index < -0.39 is 24.3 Å². The van der Waals surface area contributed by atoms with Gasteiger partial charge >= 0.3 is 11.9 Å². The summed E-state index contributed by atoms with van der Waals surface area (Å²) in [6, 6.07) is 9.08. The average molecular weight is 293 g/mol. The molecule has 6 heteroatoms. The second-order valence-corrected chi connectivity index (χ2v) is 4.50. The number of nitrogens with one attached hydrogen (secondary N) is 1. The molecule has 1 rings (SSSR count). The van der Waals surface area contributed by atoms with Crippen molar-refractivity contribution in [3.05, 3.63) is 42.5 Å². The lowest BCUT2D eigenvalue weighted by Crippen LogP contribution is -2.35. The van der Waals surface area contributed by atoms with Crippen molar-refractivity contribution in [1.82, 2.24) is 0 Å². The SMILES string of the molecule is C=C(C)C(=O)OC(OC(=O)CNc1ccccc1)C(C)O. The van der Waals surface area contributed by atoms with Crippen molar-refractivity contribution in [1.29, 1.82) is 0 Å². The fourth-order valence-corrected chi connectivity index (χ4v) is 1.33. The highest BCUT2D eigenvalue weighted by molar-refractivity contribution is 5.87. The molecule has 0 saturated heterocycles. The molecule has 0 aliphatic rings. The lowest BCUT2D eigenvalue weighted by atomic mass is 10.3. The van der Waals surface area contributed by atoms with Crippen LogP contribution in [0.2, 0.25) is 0 Å². The lowest BCUT2D eigenvalue weighted by molar-refractivity contribution is -0.201. The maximum Gasteiger partial charge on any atom is 0.336 e. The molecule has 2 unspecified atom stereocenters. The van der Waals surface area contributed by atoms with Gasteiger partial charge in [0, 0.05) is 11.3 Å². The van der Waals surface area contributed by atoms with E-state index in [2.05, 4.69) is 11.9 Å². The molecule has 0 aliphatic carbocycles. The second kappa shape index (κ2) is 8.06. The third-order valence-corrected chi connectivity index (χ3v) is 2.42. The zero-order valence-corrected chi connectivity index (χ0v) is 12.0. The number of anilines is 1. The number of carbonyl (C=O) groups excluding carboxylic acids is 2. The average Bonchev–Trinajstić information content (AvgIpc) is 2.45. The standard InChI is InChI=1S/C15H19NO5/c1-10(2)14(19)21-15(11(3)17)20-13(18)9-16-12-7-5-4-6-8-12/h4-8,11,15-17H,1,9H2,2-3H3. The first-order valence-electron chi connectivity index (χ1n) is 6.43. The van der Waals surface area contributed by atoms with Crippen LogP contribution < -0.4 is 5.32 Å². The van der Waals surface area contributed by atoms with E-state index in [1.807, 2.05) is 18.2 Å². The molecule has 114 valence electrons. The summed E-state index contributed by atoms with van der Waals surface area (Å²) in [6.45, 7) is 6.11. The monoisotopic (exact) mass is 293 g/mol. The zero-order valence-electron chi connectivity index (χ0n) is 12.0. The van der Waals surface area contributed by atoms with Crippen molar-refractivity contribution in [3.8, 4) is 0 Å². The summed E-state index contributed by atoms with van der Waals surface area (Å²) < 4.78 is 9.76. The first-order chi connectivity index (χ1) is 9.90. The van der Waals surface area contributed by atoms with Gasteiger partial charge < -0.3 is 19.9 Å². The first-order valence-corrected chi connectivity index (χ1v) is 6.43. The molecular formula is C15H19NO5. The minimum atomic E-state index is -1.36. The van der Waals surface area contributed by atoms with Crippen LogP contribution in [0.25, 0.3) is 0 Å². The highest BCUT2D eigenvalue weighted by atomic mass is 16.7. The molecule has 0 radical (unpaired) electrons. The highest BCUT2D eigenvalue weighted by Crippen LogP contribution is 2.07. The molecule has 0 aromatic heterocycles. The number of para-hydroxylation sites is 1. The quantitative estimate of drug-likeness (QED) is 0.450. The minimum Gasteiger partial charge on any atom is -0.421 e. The number of aliphatic hydroxyl groups is 1. The van der Waals surface area contributed by atoms with Crippen LogP contribution in [0.4, 0.5) is 5.69 Å². The Morgan fingerprint density at radius 3 is 2.43 bits per heavy atom. The summed E-state index contributed by atoms with van der Waals surface area (Å²) >= 11 is 0. The molecular weight excluding hydrogens is 274 g/mol. The normalized spacial score (nSPS) is 12.9. The Balaban J connectivity index is 2.49. The molecule has 0 fully saturated rings.